The SMILES string of the molecule is c1ccc2c(c1)ccc1sc3ccc4oc5ccc(-c6c7ccccc7c(-c7ccc8oc9ccccc9c8c7)c7ccccc67)cc5c4c3c12. The van der Waals surface area contributed by atoms with E-state index in [1.54, 1.807) is 0 Å². The second kappa shape index (κ2) is 10.1. The summed E-state index contributed by atoms with van der Waals surface area (Å²) in [6.45, 7) is 0. The van der Waals surface area contributed by atoms with Crippen LogP contribution in [0.4, 0.5) is 0 Å². The molecule has 51 heavy (non-hydrogen) atoms. The first-order valence-electron chi connectivity index (χ1n) is 17.3. The molecule has 0 fully saturated rings. The predicted octanol–water partition coefficient (Wildman–Crippen LogP) is 14.6. The van der Waals surface area contributed by atoms with E-state index in [1.807, 2.05) is 23.5 Å². The van der Waals surface area contributed by atoms with Crippen LogP contribution in [0.5, 0.6) is 0 Å². The van der Waals surface area contributed by atoms with Gasteiger partial charge < -0.3 is 8.83 Å². The molecule has 0 saturated carbocycles. The second-order valence-corrected chi connectivity index (χ2v) is 14.6. The molecule has 236 valence electrons. The monoisotopic (exact) mass is 666 g/mol. The zero-order valence-electron chi connectivity index (χ0n) is 27.2. The topological polar surface area (TPSA) is 26.3 Å². The molecule has 0 saturated heterocycles. The molecule has 12 aromatic rings. The number of fused-ring (bicyclic) bond motifs is 14. The van der Waals surface area contributed by atoms with Crippen LogP contribution >= 0.6 is 11.3 Å². The Morgan fingerprint density at radius 3 is 1.51 bits per heavy atom. The van der Waals surface area contributed by atoms with Gasteiger partial charge >= 0.3 is 0 Å². The third-order valence-corrected chi connectivity index (χ3v) is 12.0. The van der Waals surface area contributed by atoms with Crippen molar-refractivity contribution in [1.82, 2.24) is 0 Å². The van der Waals surface area contributed by atoms with Crippen molar-refractivity contribution in [2.75, 3.05) is 0 Å². The summed E-state index contributed by atoms with van der Waals surface area (Å²) in [6, 6.07) is 57.1. The summed E-state index contributed by atoms with van der Waals surface area (Å²) in [5.74, 6) is 0. The van der Waals surface area contributed by atoms with E-state index in [9.17, 15) is 0 Å². The van der Waals surface area contributed by atoms with Gasteiger partial charge in [-0.2, -0.15) is 0 Å². The van der Waals surface area contributed by atoms with Gasteiger partial charge in [-0.25, -0.2) is 0 Å². The van der Waals surface area contributed by atoms with Gasteiger partial charge in [0.1, 0.15) is 22.3 Å². The first-order chi connectivity index (χ1) is 25.3. The fourth-order valence-corrected chi connectivity index (χ4v) is 9.81. The molecule has 3 aromatic heterocycles. The van der Waals surface area contributed by atoms with Crippen molar-refractivity contribution in [3.8, 4) is 22.3 Å². The highest BCUT2D eigenvalue weighted by atomic mass is 32.1. The highest BCUT2D eigenvalue weighted by molar-refractivity contribution is 7.26. The minimum atomic E-state index is 0.909. The van der Waals surface area contributed by atoms with Gasteiger partial charge in [0.2, 0.25) is 0 Å². The summed E-state index contributed by atoms with van der Waals surface area (Å²) in [5, 5.41) is 14.7. The lowest BCUT2D eigenvalue weighted by Crippen LogP contribution is -1.90. The van der Waals surface area contributed by atoms with E-state index < -0.39 is 0 Å². The average molecular weight is 667 g/mol. The van der Waals surface area contributed by atoms with Crippen LogP contribution in [0.2, 0.25) is 0 Å². The Bertz CT molecular complexity index is 3370. The summed E-state index contributed by atoms with van der Waals surface area (Å²) in [7, 11) is 0. The Labute approximate surface area is 295 Å². The summed E-state index contributed by atoms with van der Waals surface area (Å²) in [5.41, 5.74) is 8.50. The van der Waals surface area contributed by atoms with Gasteiger partial charge in [-0.05, 0) is 103 Å². The third kappa shape index (κ3) is 3.76. The van der Waals surface area contributed by atoms with Crippen LogP contribution in [0.1, 0.15) is 0 Å². The molecule has 0 atom stereocenters. The minimum absolute atomic E-state index is 0.909. The Kier molecular flexibility index (Phi) is 5.41. The van der Waals surface area contributed by atoms with E-state index in [-0.39, 0.29) is 0 Å². The van der Waals surface area contributed by atoms with Crippen LogP contribution < -0.4 is 0 Å². The van der Waals surface area contributed by atoms with Gasteiger partial charge in [-0.1, -0.05) is 109 Å². The average Bonchev–Trinajstić information content (AvgIpc) is 3.87. The lowest BCUT2D eigenvalue weighted by Gasteiger charge is -2.18. The molecule has 3 heteroatoms. The molecule has 0 radical (unpaired) electrons. The fraction of sp³-hybridized carbons (Fsp3) is 0. The Hall–Kier alpha value is -6.42. The number of rotatable bonds is 2. The molecule has 0 bridgehead atoms. The zero-order chi connectivity index (χ0) is 33.2. The summed E-state index contributed by atoms with van der Waals surface area (Å²) >= 11 is 1.86. The van der Waals surface area contributed by atoms with Crippen LogP contribution in [-0.2, 0) is 0 Å². The molecular weight excluding hydrogens is 641 g/mol. The molecule has 3 heterocycles. The lowest BCUT2D eigenvalue weighted by atomic mass is 9.85. The van der Waals surface area contributed by atoms with Gasteiger partial charge in [0, 0.05) is 41.7 Å². The van der Waals surface area contributed by atoms with E-state index in [0.29, 0.717) is 0 Å². The largest absolute Gasteiger partial charge is 0.456 e. The second-order valence-electron chi connectivity index (χ2n) is 13.5. The molecule has 0 unspecified atom stereocenters. The van der Waals surface area contributed by atoms with Crippen LogP contribution in [0.3, 0.4) is 0 Å². The molecule has 0 aliphatic heterocycles. The molecular formula is C48H26O2S. The van der Waals surface area contributed by atoms with Crippen molar-refractivity contribution in [2.24, 2.45) is 0 Å². The lowest BCUT2D eigenvalue weighted by molar-refractivity contribution is 0.668. The van der Waals surface area contributed by atoms with Gasteiger partial charge in [0.25, 0.3) is 0 Å². The van der Waals surface area contributed by atoms with E-state index in [1.165, 1.54) is 80.1 Å². The molecule has 0 amide bonds. The highest BCUT2D eigenvalue weighted by Crippen LogP contribution is 2.48. The van der Waals surface area contributed by atoms with Crippen LogP contribution in [0, 0.1) is 0 Å². The van der Waals surface area contributed by atoms with Gasteiger partial charge in [-0.3, -0.25) is 0 Å². The standard InChI is InChI=1S/C48H26O2S/c1-2-10-30-27(9-1)19-23-42-47(30)48-43(51-42)24-22-41-46(48)37-26-29(18-21-40(37)50-41)45-34-14-5-3-12-32(34)44(33-13-4-6-15-35(33)45)28-17-20-39-36(25-28)31-11-7-8-16-38(31)49-39/h1-26H. The molecule has 0 aliphatic carbocycles. The number of benzene rings is 9. The Balaban J connectivity index is 1.17. The molecule has 2 nitrogen and oxygen atoms in total. The van der Waals surface area contributed by atoms with Crippen LogP contribution in [-0.4, -0.2) is 0 Å². The molecule has 9 aromatic carbocycles. The predicted molar refractivity (Wildman–Crippen MR) is 217 cm³/mol. The third-order valence-electron chi connectivity index (χ3n) is 10.8. The van der Waals surface area contributed by atoms with Gasteiger partial charge in [0.05, 0.1) is 0 Å². The van der Waals surface area contributed by atoms with Crippen molar-refractivity contribution < 1.29 is 8.83 Å². The van der Waals surface area contributed by atoms with Gasteiger partial charge in [-0.15, -0.1) is 11.3 Å². The maximum Gasteiger partial charge on any atom is 0.136 e. The van der Waals surface area contributed by atoms with Gasteiger partial charge in [0.15, 0.2) is 0 Å². The first-order valence-corrected chi connectivity index (χ1v) is 18.1. The number of para-hydroxylation sites is 1. The molecule has 0 spiro atoms. The summed E-state index contributed by atoms with van der Waals surface area (Å²) < 4.78 is 15.4. The van der Waals surface area contributed by atoms with E-state index in [0.717, 1.165) is 38.5 Å². The van der Waals surface area contributed by atoms with Crippen LogP contribution in [0.25, 0.3) is 119 Å². The first kappa shape index (κ1) is 27.4. The maximum atomic E-state index is 6.59. The smallest absolute Gasteiger partial charge is 0.136 e. The Morgan fingerprint density at radius 2 is 0.804 bits per heavy atom. The van der Waals surface area contributed by atoms with E-state index >= 15 is 0 Å². The van der Waals surface area contributed by atoms with Crippen molar-refractivity contribution in [2.45, 2.75) is 0 Å². The summed E-state index contributed by atoms with van der Waals surface area (Å²) in [4.78, 5) is 0. The minimum Gasteiger partial charge on any atom is -0.456 e. The van der Waals surface area contributed by atoms with E-state index in [2.05, 4.69) is 146 Å². The van der Waals surface area contributed by atoms with Crippen molar-refractivity contribution in [3.63, 3.8) is 0 Å². The summed E-state index contributed by atoms with van der Waals surface area (Å²) in [6.07, 6.45) is 0. The molecule has 0 N–H and O–H groups in total. The fourth-order valence-electron chi connectivity index (χ4n) is 8.68. The normalized spacial score (nSPS) is 12.3. The highest BCUT2D eigenvalue weighted by Gasteiger charge is 2.21. The number of furan rings is 2. The van der Waals surface area contributed by atoms with Crippen molar-refractivity contribution in [1.29, 1.82) is 0 Å². The zero-order valence-corrected chi connectivity index (χ0v) is 28.1. The number of thiophene rings is 1. The molecule has 12 rings (SSSR count). The number of hydrogen-bond donors (Lipinski definition) is 0. The maximum absolute atomic E-state index is 6.59. The molecule has 0 aliphatic rings. The van der Waals surface area contributed by atoms with Crippen molar-refractivity contribution in [3.05, 3.63) is 158 Å². The number of hydrogen-bond acceptors (Lipinski definition) is 3. The van der Waals surface area contributed by atoms with Crippen molar-refractivity contribution >= 4 is 108 Å². The Morgan fingerprint density at radius 1 is 0.314 bits per heavy atom. The quantitative estimate of drug-likeness (QED) is 0.172. The van der Waals surface area contributed by atoms with Crippen LogP contribution in [0.15, 0.2) is 167 Å². The van der Waals surface area contributed by atoms with E-state index in [4.69, 9.17) is 8.83 Å².